The van der Waals surface area contributed by atoms with E-state index in [1.165, 1.54) is 5.56 Å². The number of aryl methyl sites for hydroxylation is 1. The Balaban J connectivity index is 1.70. The molecule has 0 radical (unpaired) electrons. The van der Waals surface area contributed by atoms with Gasteiger partial charge in [0.2, 0.25) is 0 Å². The molecule has 2 rings (SSSR count). The van der Waals surface area contributed by atoms with Gasteiger partial charge in [0, 0.05) is 16.6 Å². The van der Waals surface area contributed by atoms with E-state index < -0.39 is 6.10 Å². The summed E-state index contributed by atoms with van der Waals surface area (Å²) >= 11 is 11.7. The maximum atomic E-state index is 12.0. The number of hydrogen-bond donors (Lipinski definition) is 1. The summed E-state index contributed by atoms with van der Waals surface area (Å²) in [4.78, 5) is 12.0. The fraction of sp³-hybridized carbons (Fsp3) is 0.278. The van der Waals surface area contributed by atoms with Crippen molar-refractivity contribution in [3.8, 4) is 5.75 Å². The molecule has 0 unspecified atom stereocenters. The standard InChI is InChI=1S/C18H19Cl2NO2/c1-13(23-17-6-2-5-16(20)12-17)18(22)21-11-3-4-14-7-9-15(19)10-8-14/h2,5-10,12-13H,3-4,11H2,1H3,(H,21,22)/t13-/m1/s1. The van der Waals surface area contributed by atoms with E-state index in [0.717, 1.165) is 17.9 Å². The van der Waals surface area contributed by atoms with Gasteiger partial charge in [-0.15, -0.1) is 0 Å². The van der Waals surface area contributed by atoms with Crippen LogP contribution in [0.15, 0.2) is 48.5 Å². The average molecular weight is 352 g/mol. The molecule has 0 heterocycles. The summed E-state index contributed by atoms with van der Waals surface area (Å²) < 4.78 is 5.57. The van der Waals surface area contributed by atoms with Crippen molar-refractivity contribution in [1.29, 1.82) is 0 Å². The van der Waals surface area contributed by atoms with E-state index in [1.54, 1.807) is 31.2 Å². The molecule has 1 atom stereocenters. The zero-order chi connectivity index (χ0) is 16.7. The van der Waals surface area contributed by atoms with E-state index in [0.29, 0.717) is 17.3 Å². The third-order valence-corrected chi connectivity index (χ3v) is 3.82. The predicted octanol–water partition coefficient (Wildman–Crippen LogP) is 4.51. The monoisotopic (exact) mass is 351 g/mol. The first kappa shape index (κ1) is 17.6. The number of hydrogen-bond acceptors (Lipinski definition) is 2. The highest BCUT2D eigenvalue weighted by atomic mass is 35.5. The Labute approximate surface area is 146 Å². The first-order chi connectivity index (χ1) is 11.0. The van der Waals surface area contributed by atoms with E-state index in [4.69, 9.17) is 27.9 Å². The third-order valence-electron chi connectivity index (χ3n) is 3.33. The second-order valence-corrected chi connectivity index (χ2v) is 6.11. The average Bonchev–Trinajstić information content (AvgIpc) is 2.53. The van der Waals surface area contributed by atoms with Crippen molar-refractivity contribution in [3.63, 3.8) is 0 Å². The summed E-state index contributed by atoms with van der Waals surface area (Å²) in [7, 11) is 0. The highest BCUT2D eigenvalue weighted by Gasteiger charge is 2.13. The highest BCUT2D eigenvalue weighted by Crippen LogP contribution is 2.18. The van der Waals surface area contributed by atoms with Gasteiger partial charge in [0.1, 0.15) is 5.75 Å². The van der Waals surface area contributed by atoms with E-state index in [-0.39, 0.29) is 5.91 Å². The quantitative estimate of drug-likeness (QED) is 0.745. The summed E-state index contributed by atoms with van der Waals surface area (Å²) in [6, 6.07) is 14.7. The zero-order valence-electron chi connectivity index (χ0n) is 12.9. The molecule has 0 aliphatic carbocycles. The van der Waals surface area contributed by atoms with Gasteiger partial charge in [-0.05, 0) is 55.7 Å². The highest BCUT2D eigenvalue weighted by molar-refractivity contribution is 6.30. The number of carbonyl (C=O) groups is 1. The molecule has 0 saturated carbocycles. The Kier molecular flexibility index (Phi) is 6.75. The van der Waals surface area contributed by atoms with Crippen LogP contribution < -0.4 is 10.1 Å². The lowest BCUT2D eigenvalue weighted by Crippen LogP contribution is -2.36. The van der Waals surface area contributed by atoms with Crippen LogP contribution in [0, 0.1) is 0 Å². The smallest absolute Gasteiger partial charge is 0.260 e. The molecule has 2 aromatic rings. The van der Waals surface area contributed by atoms with Gasteiger partial charge in [-0.3, -0.25) is 4.79 Å². The van der Waals surface area contributed by atoms with Gasteiger partial charge in [-0.25, -0.2) is 0 Å². The molecule has 3 nitrogen and oxygen atoms in total. The summed E-state index contributed by atoms with van der Waals surface area (Å²) in [5.41, 5.74) is 1.20. The van der Waals surface area contributed by atoms with Crippen LogP contribution in [0.25, 0.3) is 0 Å². The topological polar surface area (TPSA) is 38.3 Å². The van der Waals surface area contributed by atoms with Crippen LogP contribution in [-0.4, -0.2) is 18.6 Å². The number of nitrogens with one attached hydrogen (secondary N) is 1. The summed E-state index contributed by atoms with van der Waals surface area (Å²) in [6.07, 6.45) is 1.18. The van der Waals surface area contributed by atoms with Crippen molar-refractivity contribution in [2.24, 2.45) is 0 Å². The van der Waals surface area contributed by atoms with Crippen molar-refractivity contribution in [2.75, 3.05) is 6.54 Å². The van der Waals surface area contributed by atoms with Crippen molar-refractivity contribution in [2.45, 2.75) is 25.9 Å². The van der Waals surface area contributed by atoms with Gasteiger partial charge < -0.3 is 10.1 Å². The Morgan fingerprint density at radius 1 is 1.13 bits per heavy atom. The second kappa shape index (κ2) is 8.80. The van der Waals surface area contributed by atoms with Crippen LogP contribution in [0.3, 0.4) is 0 Å². The molecule has 0 aliphatic rings. The van der Waals surface area contributed by atoms with Crippen LogP contribution in [0.5, 0.6) is 5.75 Å². The molecule has 5 heteroatoms. The Morgan fingerprint density at radius 3 is 2.57 bits per heavy atom. The first-order valence-electron chi connectivity index (χ1n) is 7.49. The van der Waals surface area contributed by atoms with Crippen molar-refractivity contribution in [3.05, 3.63) is 64.1 Å². The Bertz CT molecular complexity index is 644. The lowest BCUT2D eigenvalue weighted by Gasteiger charge is -2.14. The summed E-state index contributed by atoms with van der Waals surface area (Å²) in [5.74, 6) is 0.447. The largest absolute Gasteiger partial charge is 0.481 e. The van der Waals surface area contributed by atoms with E-state index >= 15 is 0 Å². The lowest BCUT2D eigenvalue weighted by atomic mass is 10.1. The Morgan fingerprint density at radius 2 is 1.87 bits per heavy atom. The maximum absolute atomic E-state index is 12.0. The fourth-order valence-electron chi connectivity index (χ4n) is 2.10. The second-order valence-electron chi connectivity index (χ2n) is 5.24. The molecule has 1 N–H and O–H groups in total. The molecule has 122 valence electrons. The molecule has 2 aromatic carbocycles. The molecular formula is C18H19Cl2NO2. The molecule has 0 saturated heterocycles. The minimum Gasteiger partial charge on any atom is -0.481 e. The summed E-state index contributed by atoms with van der Waals surface area (Å²) in [5, 5.41) is 4.19. The number of ether oxygens (including phenoxy) is 1. The number of amides is 1. The number of carbonyl (C=O) groups excluding carboxylic acids is 1. The predicted molar refractivity (Wildman–Crippen MR) is 94.3 cm³/mol. The van der Waals surface area contributed by atoms with Crippen LogP contribution in [0.4, 0.5) is 0 Å². The zero-order valence-corrected chi connectivity index (χ0v) is 14.4. The van der Waals surface area contributed by atoms with E-state index in [1.807, 2.05) is 24.3 Å². The SMILES string of the molecule is C[C@@H](Oc1cccc(Cl)c1)C(=O)NCCCc1ccc(Cl)cc1. The molecule has 0 fully saturated rings. The fourth-order valence-corrected chi connectivity index (χ4v) is 2.40. The van der Waals surface area contributed by atoms with Crippen molar-refractivity contribution < 1.29 is 9.53 Å². The third kappa shape index (κ3) is 6.12. The van der Waals surface area contributed by atoms with Crippen LogP contribution in [0.2, 0.25) is 10.0 Å². The van der Waals surface area contributed by atoms with Gasteiger partial charge in [-0.1, -0.05) is 41.4 Å². The molecule has 0 aliphatic heterocycles. The lowest BCUT2D eigenvalue weighted by molar-refractivity contribution is -0.127. The van der Waals surface area contributed by atoms with Crippen molar-refractivity contribution >= 4 is 29.1 Å². The minimum atomic E-state index is -0.566. The van der Waals surface area contributed by atoms with Crippen molar-refractivity contribution in [1.82, 2.24) is 5.32 Å². The van der Waals surface area contributed by atoms with Crippen LogP contribution >= 0.6 is 23.2 Å². The maximum Gasteiger partial charge on any atom is 0.260 e. The Hall–Kier alpha value is -1.71. The molecule has 0 aromatic heterocycles. The van der Waals surface area contributed by atoms with E-state index in [9.17, 15) is 4.79 Å². The normalized spacial score (nSPS) is 11.8. The van der Waals surface area contributed by atoms with Gasteiger partial charge in [-0.2, -0.15) is 0 Å². The first-order valence-corrected chi connectivity index (χ1v) is 8.24. The number of halogens is 2. The molecule has 0 bridgehead atoms. The van der Waals surface area contributed by atoms with Gasteiger partial charge in [0.05, 0.1) is 0 Å². The molecular weight excluding hydrogens is 333 g/mol. The molecule has 1 amide bonds. The summed E-state index contributed by atoms with van der Waals surface area (Å²) in [6.45, 7) is 2.32. The molecule has 0 spiro atoms. The van der Waals surface area contributed by atoms with E-state index in [2.05, 4.69) is 5.32 Å². The van der Waals surface area contributed by atoms with Gasteiger partial charge >= 0.3 is 0 Å². The van der Waals surface area contributed by atoms with Crippen LogP contribution in [0.1, 0.15) is 18.9 Å². The molecule has 23 heavy (non-hydrogen) atoms. The number of rotatable bonds is 7. The van der Waals surface area contributed by atoms with Gasteiger partial charge in [0.15, 0.2) is 6.10 Å². The van der Waals surface area contributed by atoms with Gasteiger partial charge in [0.25, 0.3) is 5.91 Å². The minimum absolute atomic E-state index is 0.138. The number of benzene rings is 2. The van der Waals surface area contributed by atoms with Crippen LogP contribution in [-0.2, 0) is 11.2 Å².